The Morgan fingerprint density at radius 1 is 1.30 bits per heavy atom. The van der Waals surface area contributed by atoms with Crippen molar-refractivity contribution in [3.05, 3.63) is 17.7 Å². The summed E-state index contributed by atoms with van der Waals surface area (Å²) in [6.45, 7) is 1.41. The Kier molecular flexibility index (Phi) is 4.91. The molecular formula is C17H23NO5. The first-order chi connectivity index (χ1) is 11.2. The van der Waals surface area contributed by atoms with Crippen LogP contribution in [0.25, 0.3) is 0 Å². The summed E-state index contributed by atoms with van der Waals surface area (Å²) in [6, 6.07) is 3.64. The first-order valence-electron chi connectivity index (χ1n) is 8.09. The van der Waals surface area contributed by atoms with Crippen LogP contribution in [-0.4, -0.2) is 37.4 Å². The van der Waals surface area contributed by atoms with Gasteiger partial charge >= 0.3 is 0 Å². The van der Waals surface area contributed by atoms with Gasteiger partial charge in [-0.15, -0.1) is 0 Å². The van der Waals surface area contributed by atoms with Crippen LogP contribution >= 0.6 is 0 Å². The van der Waals surface area contributed by atoms with Gasteiger partial charge in [-0.2, -0.15) is 0 Å². The third-order valence-electron chi connectivity index (χ3n) is 4.42. The van der Waals surface area contributed by atoms with E-state index in [1.165, 1.54) is 0 Å². The molecule has 0 saturated heterocycles. The van der Waals surface area contributed by atoms with E-state index in [4.69, 9.17) is 14.2 Å². The highest BCUT2D eigenvalue weighted by Crippen LogP contribution is 2.36. The zero-order chi connectivity index (χ0) is 16.2. The van der Waals surface area contributed by atoms with Crippen LogP contribution in [0.2, 0.25) is 0 Å². The van der Waals surface area contributed by atoms with E-state index in [0.29, 0.717) is 43.4 Å². The van der Waals surface area contributed by atoms with Crippen LogP contribution in [0.5, 0.6) is 17.2 Å². The second-order valence-corrected chi connectivity index (χ2v) is 6.04. The number of ether oxygens (including phenoxy) is 3. The molecule has 1 amide bonds. The lowest BCUT2D eigenvalue weighted by Crippen LogP contribution is -2.34. The van der Waals surface area contributed by atoms with Crippen molar-refractivity contribution in [3.63, 3.8) is 0 Å². The molecule has 6 nitrogen and oxygen atoms in total. The predicted octanol–water partition coefficient (Wildman–Crippen LogP) is 1.63. The standard InChI is InChI=1S/C17H23NO5/c1-21-14-9-16-15(22-5-6-23-16)8-12(14)10-18-17(20)11-3-2-4-13(19)7-11/h8-9,11,13,19H,2-7,10H2,1H3,(H,18,20)/t11-,13-/m1/s1. The molecule has 1 aromatic carbocycles. The van der Waals surface area contributed by atoms with Gasteiger partial charge in [-0.25, -0.2) is 0 Å². The van der Waals surface area contributed by atoms with Gasteiger partial charge in [-0.3, -0.25) is 4.79 Å². The van der Waals surface area contributed by atoms with Gasteiger partial charge in [-0.05, 0) is 25.3 Å². The molecule has 0 unspecified atom stereocenters. The second kappa shape index (κ2) is 7.08. The monoisotopic (exact) mass is 321 g/mol. The molecule has 6 heteroatoms. The highest BCUT2D eigenvalue weighted by Gasteiger charge is 2.26. The van der Waals surface area contributed by atoms with Crippen molar-refractivity contribution >= 4 is 5.91 Å². The third kappa shape index (κ3) is 3.69. The van der Waals surface area contributed by atoms with E-state index in [2.05, 4.69) is 5.32 Å². The average molecular weight is 321 g/mol. The zero-order valence-electron chi connectivity index (χ0n) is 13.3. The van der Waals surface area contributed by atoms with Crippen LogP contribution in [0.15, 0.2) is 12.1 Å². The van der Waals surface area contributed by atoms with E-state index in [1.807, 2.05) is 6.07 Å². The minimum atomic E-state index is -0.358. The van der Waals surface area contributed by atoms with Crippen molar-refractivity contribution in [2.24, 2.45) is 5.92 Å². The molecule has 1 aromatic rings. The molecule has 1 fully saturated rings. The number of hydrogen-bond donors (Lipinski definition) is 2. The van der Waals surface area contributed by atoms with Crippen molar-refractivity contribution < 1.29 is 24.1 Å². The number of rotatable bonds is 4. The highest BCUT2D eigenvalue weighted by molar-refractivity contribution is 5.78. The Morgan fingerprint density at radius 2 is 2.04 bits per heavy atom. The molecule has 2 aliphatic rings. The summed E-state index contributed by atoms with van der Waals surface area (Å²) >= 11 is 0. The minimum Gasteiger partial charge on any atom is -0.496 e. The molecular weight excluding hydrogens is 298 g/mol. The molecule has 3 rings (SSSR count). The SMILES string of the molecule is COc1cc2c(cc1CNC(=O)[C@@H]1CCC[C@@H](O)C1)OCCO2. The van der Waals surface area contributed by atoms with E-state index in [0.717, 1.165) is 24.8 Å². The Morgan fingerprint density at radius 3 is 2.74 bits per heavy atom. The van der Waals surface area contributed by atoms with Crippen LogP contribution < -0.4 is 19.5 Å². The largest absolute Gasteiger partial charge is 0.496 e. The minimum absolute atomic E-state index is 0.0132. The number of carbonyl (C=O) groups is 1. The van der Waals surface area contributed by atoms with Gasteiger partial charge in [0.25, 0.3) is 0 Å². The molecule has 23 heavy (non-hydrogen) atoms. The molecule has 2 atom stereocenters. The van der Waals surface area contributed by atoms with Crippen LogP contribution in [0, 0.1) is 5.92 Å². The summed E-state index contributed by atoms with van der Waals surface area (Å²) in [5.41, 5.74) is 0.849. The molecule has 0 bridgehead atoms. The van der Waals surface area contributed by atoms with Crippen LogP contribution in [0.4, 0.5) is 0 Å². The summed E-state index contributed by atoms with van der Waals surface area (Å²) in [5, 5.41) is 12.6. The summed E-state index contributed by atoms with van der Waals surface area (Å²) in [6.07, 6.45) is 2.71. The van der Waals surface area contributed by atoms with Crippen molar-refractivity contribution in [3.8, 4) is 17.2 Å². The molecule has 0 spiro atoms. The van der Waals surface area contributed by atoms with E-state index >= 15 is 0 Å². The molecule has 1 aliphatic heterocycles. The quantitative estimate of drug-likeness (QED) is 0.881. The second-order valence-electron chi connectivity index (χ2n) is 6.04. The molecule has 1 heterocycles. The first kappa shape index (κ1) is 15.9. The first-order valence-corrected chi connectivity index (χ1v) is 8.09. The molecule has 1 saturated carbocycles. The molecule has 2 N–H and O–H groups in total. The average Bonchev–Trinajstić information content (AvgIpc) is 2.58. The zero-order valence-corrected chi connectivity index (χ0v) is 13.3. The number of hydrogen-bond acceptors (Lipinski definition) is 5. The molecule has 0 radical (unpaired) electrons. The maximum absolute atomic E-state index is 12.3. The maximum atomic E-state index is 12.3. The summed E-state index contributed by atoms with van der Waals surface area (Å²) in [5.74, 6) is 1.88. The molecule has 0 aromatic heterocycles. The van der Waals surface area contributed by atoms with Gasteiger partial charge in [0.1, 0.15) is 19.0 Å². The van der Waals surface area contributed by atoms with Crippen molar-refractivity contribution in [1.82, 2.24) is 5.32 Å². The van der Waals surface area contributed by atoms with Crippen LogP contribution in [-0.2, 0) is 11.3 Å². The fourth-order valence-corrected chi connectivity index (χ4v) is 3.17. The lowest BCUT2D eigenvalue weighted by molar-refractivity contribution is -0.127. The van der Waals surface area contributed by atoms with E-state index in [9.17, 15) is 9.90 Å². The Balaban J connectivity index is 1.66. The number of carbonyl (C=O) groups excluding carboxylic acids is 1. The van der Waals surface area contributed by atoms with Gasteiger partial charge in [0.15, 0.2) is 11.5 Å². The number of amides is 1. The number of aliphatic hydroxyl groups excluding tert-OH is 1. The van der Waals surface area contributed by atoms with Gasteiger partial charge in [0.2, 0.25) is 5.91 Å². The van der Waals surface area contributed by atoms with Gasteiger partial charge in [0.05, 0.1) is 13.2 Å². The summed E-state index contributed by atoms with van der Waals surface area (Å²) in [4.78, 5) is 12.3. The molecule has 126 valence electrons. The fourth-order valence-electron chi connectivity index (χ4n) is 3.17. The van der Waals surface area contributed by atoms with Crippen molar-refractivity contribution in [2.75, 3.05) is 20.3 Å². The lowest BCUT2D eigenvalue weighted by Gasteiger charge is -2.25. The smallest absolute Gasteiger partial charge is 0.223 e. The summed E-state index contributed by atoms with van der Waals surface area (Å²) in [7, 11) is 1.59. The van der Waals surface area contributed by atoms with Gasteiger partial charge in [-0.1, -0.05) is 6.42 Å². The van der Waals surface area contributed by atoms with Gasteiger partial charge in [0, 0.05) is 24.1 Å². The van der Waals surface area contributed by atoms with Crippen LogP contribution in [0.3, 0.4) is 0 Å². The van der Waals surface area contributed by atoms with Crippen molar-refractivity contribution in [2.45, 2.75) is 38.3 Å². The van der Waals surface area contributed by atoms with Gasteiger partial charge < -0.3 is 24.6 Å². The predicted molar refractivity (Wildman–Crippen MR) is 83.8 cm³/mol. The Hall–Kier alpha value is -1.95. The number of aliphatic hydroxyl groups is 1. The third-order valence-corrected chi connectivity index (χ3v) is 4.42. The normalized spacial score (nSPS) is 23.2. The number of fused-ring (bicyclic) bond motifs is 1. The van der Waals surface area contributed by atoms with E-state index in [1.54, 1.807) is 13.2 Å². The number of nitrogens with one attached hydrogen (secondary N) is 1. The maximum Gasteiger partial charge on any atom is 0.223 e. The Labute approximate surface area is 135 Å². The van der Waals surface area contributed by atoms with E-state index in [-0.39, 0.29) is 17.9 Å². The Bertz CT molecular complexity index is 574. The van der Waals surface area contributed by atoms with Crippen LogP contribution in [0.1, 0.15) is 31.2 Å². The summed E-state index contributed by atoms with van der Waals surface area (Å²) < 4.78 is 16.5. The fraction of sp³-hybridized carbons (Fsp3) is 0.588. The molecule has 1 aliphatic carbocycles. The number of methoxy groups -OCH3 is 1. The lowest BCUT2D eigenvalue weighted by atomic mass is 9.86. The van der Waals surface area contributed by atoms with Crippen molar-refractivity contribution in [1.29, 1.82) is 0 Å². The number of benzene rings is 1. The van der Waals surface area contributed by atoms with E-state index < -0.39 is 0 Å². The highest BCUT2D eigenvalue weighted by atomic mass is 16.6. The topological polar surface area (TPSA) is 77.0 Å².